The van der Waals surface area contributed by atoms with Crippen molar-refractivity contribution in [1.82, 2.24) is 0 Å². The molecular formula is C11H21O. The van der Waals surface area contributed by atoms with Crippen LogP contribution in [-0.2, 0) is 5.11 Å². The maximum Gasteiger partial charge on any atom is 0.0958 e. The van der Waals surface area contributed by atoms with E-state index in [-0.39, 0.29) is 6.10 Å². The number of hydrogen-bond acceptors (Lipinski definition) is 0. The Balaban J connectivity index is 1.81. The van der Waals surface area contributed by atoms with Crippen molar-refractivity contribution in [3.8, 4) is 0 Å². The quantitative estimate of drug-likeness (QED) is 0.519. The second-order valence-corrected chi connectivity index (χ2v) is 4.08. The van der Waals surface area contributed by atoms with Gasteiger partial charge < -0.3 is 0 Å². The summed E-state index contributed by atoms with van der Waals surface area (Å²) in [6, 6.07) is 0. The Labute approximate surface area is 76.2 Å². The molecule has 1 rings (SSSR count). The van der Waals surface area contributed by atoms with Gasteiger partial charge in [-0.05, 0) is 25.2 Å². The van der Waals surface area contributed by atoms with Gasteiger partial charge in [0.05, 0.1) is 6.10 Å². The first kappa shape index (κ1) is 10.0. The van der Waals surface area contributed by atoms with Crippen LogP contribution in [-0.4, -0.2) is 6.10 Å². The molecule has 1 nitrogen and oxygen atoms in total. The number of rotatable bonds is 7. The molecule has 0 saturated heterocycles. The normalized spacial score (nSPS) is 19.5. The van der Waals surface area contributed by atoms with E-state index in [9.17, 15) is 5.11 Å². The molecule has 1 saturated carbocycles. The van der Waals surface area contributed by atoms with Crippen LogP contribution in [0.25, 0.3) is 0 Å². The van der Waals surface area contributed by atoms with Crippen molar-refractivity contribution in [3.63, 3.8) is 0 Å². The molecule has 0 spiro atoms. The van der Waals surface area contributed by atoms with E-state index < -0.39 is 0 Å². The molecule has 1 heteroatoms. The van der Waals surface area contributed by atoms with Crippen LogP contribution in [0.1, 0.15) is 58.3 Å². The molecule has 0 aromatic carbocycles. The minimum absolute atomic E-state index is 0.216. The molecular weight excluding hydrogens is 148 g/mol. The molecule has 0 aromatic rings. The van der Waals surface area contributed by atoms with E-state index in [0.717, 1.165) is 6.42 Å². The Bertz CT molecular complexity index is 108. The smallest absolute Gasteiger partial charge is 0.0958 e. The summed E-state index contributed by atoms with van der Waals surface area (Å²) in [7, 11) is 0. The highest BCUT2D eigenvalue weighted by molar-refractivity contribution is 4.80. The molecule has 1 aliphatic carbocycles. The van der Waals surface area contributed by atoms with Gasteiger partial charge in [-0.15, -0.1) is 0 Å². The molecule has 1 unspecified atom stereocenters. The van der Waals surface area contributed by atoms with Gasteiger partial charge in [-0.25, -0.2) is 5.11 Å². The Morgan fingerprint density at radius 1 is 1.17 bits per heavy atom. The lowest BCUT2D eigenvalue weighted by atomic mass is 10.1. The summed E-state index contributed by atoms with van der Waals surface area (Å²) in [6.07, 6.45) is 9.56. The Morgan fingerprint density at radius 2 is 1.83 bits per heavy atom. The van der Waals surface area contributed by atoms with Crippen LogP contribution in [0, 0.1) is 5.92 Å². The van der Waals surface area contributed by atoms with Crippen molar-refractivity contribution in [2.75, 3.05) is 0 Å². The van der Waals surface area contributed by atoms with E-state index in [1.54, 1.807) is 0 Å². The molecule has 1 atom stereocenters. The summed E-state index contributed by atoms with van der Waals surface area (Å²) >= 11 is 0. The number of hydrogen-bond donors (Lipinski definition) is 0. The SMILES string of the molecule is CCCCCCCC([O])C1CC1. The molecule has 1 radical (unpaired) electrons. The zero-order chi connectivity index (χ0) is 8.81. The van der Waals surface area contributed by atoms with Gasteiger partial charge in [-0.3, -0.25) is 0 Å². The van der Waals surface area contributed by atoms with E-state index in [0.29, 0.717) is 5.92 Å². The lowest BCUT2D eigenvalue weighted by Crippen LogP contribution is -2.06. The summed E-state index contributed by atoms with van der Waals surface area (Å²) in [5.74, 6) is 0.566. The second kappa shape index (κ2) is 5.58. The highest BCUT2D eigenvalue weighted by Crippen LogP contribution is 2.34. The van der Waals surface area contributed by atoms with Gasteiger partial charge in [0, 0.05) is 0 Å². The van der Waals surface area contributed by atoms with Crippen molar-refractivity contribution < 1.29 is 5.11 Å². The van der Waals surface area contributed by atoms with Gasteiger partial charge in [-0.2, -0.15) is 0 Å². The summed E-state index contributed by atoms with van der Waals surface area (Å²) in [4.78, 5) is 0. The first-order valence-electron chi connectivity index (χ1n) is 5.50. The lowest BCUT2D eigenvalue weighted by Gasteiger charge is -2.05. The van der Waals surface area contributed by atoms with Crippen LogP contribution in [0.3, 0.4) is 0 Å². The zero-order valence-electron chi connectivity index (χ0n) is 8.22. The van der Waals surface area contributed by atoms with Crippen molar-refractivity contribution in [2.45, 2.75) is 64.4 Å². The minimum Gasteiger partial charge on any atom is -0.233 e. The van der Waals surface area contributed by atoms with E-state index >= 15 is 0 Å². The van der Waals surface area contributed by atoms with E-state index in [1.165, 1.54) is 44.9 Å². The molecule has 1 aliphatic rings. The third kappa shape index (κ3) is 4.10. The second-order valence-electron chi connectivity index (χ2n) is 4.08. The van der Waals surface area contributed by atoms with Crippen molar-refractivity contribution in [2.24, 2.45) is 5.92 Å². The van der Waals surface area contributed by atoms with Gasteiger partial charge in [0.2, 0.25) is 0 Å². The maximum absolute atomic E-state index is 11.3. The van der Waals surface area contributed by atoms with Crippen molar-refractivity contribution in [1.29, 1.82) is 0 Å². The van der Waals surface area contributed by atoms with Crippen molar-refractivity contribution in [3.05, 3.63) is 0 Å². The molecule has 0 N–H and O–H groups in total. The van der Waals surface area contributed by atoms with Gasteiger partial charge in [-0.1, -0.05) is 39.0 Å². The fraction of sp³-hybridized carbons (Fsp3) is 1.00. The standard InChI is InChI=1S/C11H21O/c1-2-3-4-5-6-7-11(12)10-8-9-10/h10-11H,2-9H2,1H3. The van der Waals surface area contributed by atoms with Crippen LogP contribution in [0.5, 0.6) is 0 Å². The van der Waals surface area contributed by atoms with Gasteiger partial charge in [0.25, 0.3) is 0 Å². The molecule has 12 heavy (non-hydrogen) atoms. The first-order valence-corrected chi connectivity index (χ1v) is 5.50. The molecule has 1 fully saturated rings. The summed E-state index contributed by atoms with van der Waals surface area (Å²) in [5.41, 5.74) is 0. The minimum atomic E-state index is -0.216. The maximum atomic E-state index is 11.3. The molecule has 0 heterocycles. The predicted molar refractivity (Wildman–Crippen MR) is 50.6 cm³/mol. The van der Waals surface area contributed by atoms with Crippen molar-refractivity contribution >= 4 is 0 Å². The molecule has 0 amide bonds. The zero-order valence-corrected chi connectivity index (χ0v) is 8.22. The fourth-order valence-electron chi connectivity index (χ4n) is 1.65. The highest BCUT2D eigenvalue weighted by atomic mass is 16.3. The monoisotopic (exact) mass is 169 g/mol. The highest BCUT2D eigenvalue weighted by Gasteiger charge is 2.30. The van der Waals surface area contributed by atoms with E-state index in [2.05, 4.69) is 6.92 Å². The van der Waals surface area contributed by atoms with Crippen LogP contribution < -0.4 is 0 Å². The molecule has 0 aliphatic heterocycles. The third-order valence-corrected chi connectivity index (χ3v) is 2.74. The molecule has 0 aromatic heterocycles. The largest absolute Gasteiger partial charge is 0.233 e. The summed E-state index contributed by atoms with van der Waals surface area (Å²) in [6.45, 7) is 2.22. The molecule has 0 bridgehead atoms. The van der Waals surface area contributed by atoms with Gasteiger partial charge in [0.1, 0.15) is 0 Å². The summed E-state index contributed by atoms with van der Waals surface area (Å²) < 4.78 is 0. The average molecular weight is 169 g/mol. The van der Waals surface area contributed by atoms with Gasteiger partial charge >= 0.3 is 0 Å². The first-order chi connectivity index (χ1) is 5.84. The van der Waals surface area contributed by atoms with Gasteiger partial charge in [0.15, 0.2) is 0 Å². The van der Waals surface area contributed by atoms with Crippen LogP contribution in [0.2, 0.25) is 0 Å². The van der Waals surface area contributed by atoms with Crippen LogP contribution in [0.15, 0.2) is 0 Å². The Hall–Kier alpha value is -0.0400. The topological polar surface area (TPSA) is 19.9 Å². The van der Waals surface area contributed by atoms with Crippen LogP contribution in [0.4, 0.5) is 0 Å². The Kier molecular flexibility index (Phi) is 4.67. The average Bonchev–Trinajstić information content (AvgIpc) is 2.86. The fourth-order valence-corrected chi connectivity index (χ4v) is 1.65. The Morgan fingerprint density at radius 3 is 2.42 bits per heavy atom. The van der Waals surface area contributed by atoms with E-state index in [1.807, 2.05) is 0 Å². The van der Waals surface area contributed by atoms with Crippen LogP contribution >= 0.6 is 0 Å². The summed E-state index contributed by atoms with van der Waals surface area (Å²) in [5, 5.41) is 11.3. The molecule has 71 valence electrons. The lowest BCUT2D eigenvalue weighted by molar-refractivity contribution is 0.0600. The third-order valence-electron chi connectivity index (χ3n) is 2.74. The predicted octanol–water partition coefficient (Wildman–Crippen LogP) is 3.56. The van der Waals surface area contributed by atoms with E-state index in [4.69, 9.17) is 0 Å². The number of unbranched alkanes of at least 4 members (excludes halogenated alkanes) is 4.